The van der Waals surface area contributed by atoms with E-state index >= 15 is 0 Å². The molecule has 0 amide bonds. The van der Waals surface area contributed by atoms with Gasteiger partial charge in [0.05, 0.1) is 31.2 Å². The fourth-order valence-corrected chi connectivity index (χ4v) is 1.65. The first kappa shape index (κ1) is 17.5. The third kappa shape index (κ3) is 6.64. The third-order valence-electron chi connectivity index (χ3n) is 2.81. The lowest BCUT2D eigenvalue weighted by Crippen LogP contribution is -2.20. The van der Waals surface area contributed by atoms with E-state index in [1.165, 1.54) is 6.07 Å². The van der Waals surface area contributed by atoms with Crippen molar-refractivity contribution in [1.29, 1.82) is 0 Å². The van der Waals surface area contributed by atoms with Crippen LogP contribution in [0.3, 0.4) is 0 Å². The summed E-state index contributed by atoms with van der Waals surface area (Å²) in [4.78, 5) is 2.06. The predicted octanol–water partition coefficient (Wildman–Crippen LogP) is 2.19. The van der Waals surface area contributed by atoms with Crippen LogP contribution in [0.15, 0.2) is 12.1 Å². The van der Waals surface area contributed by atoms with Crippen LogP contribution in [-0.4, -0.2) is 51.9 Å². The van der Waals surface area contributed by atoms with Crippen molar-refractivity contribution in [3.63, 3.8) is 0 Å². The summed E-state index contributed by atoms with van der Waals surface area (Å²) in [7, 11) is 4.00. The molecule has 3 N–H and O–H groups in total. The summed E-state index contributed by atoms with van der Waals surface area (Å²) in [6.45, 7) is 5.19. The minimum atomic E-state index is -0.436. The van der Waals surface area contributed by atoms with E-state index in [2.05, 4.69) is 10.2 Å². The molecule has 0 bridgehead atoms. The van der Waals surface area contributed by atoms with Crippen LogP contribution < -0.4 is 15.8 Å². The van der Waals surface area contributed by atoms with Crippen LogP contribution in [0.5, 0.6) is 5.75 Å². The first-order valence-corrected chi connectivity index (χ1v) is 7.22. The van der Waals surface area contributed by atoms with E-state index in [1.807, 2.05) is 21.0 Å². The van der Waals surface area contributed by atoms with Gasteiger partial charge in [-0.25, -0.2) is 4.39 Å². The molecule has 0 aromatic heterocycles. The minimum Gasteiger partial charge on any atom is -0.490 e. The summed E-state index contributed by atoms with van der Waals surface area (Å²) in [5, 5.41) is 3.13. The second-order valence-corrected chi connectivity index (χ2v) is 5.06. The fourth-order valence-electron chi connectivity index (χ4n) is 1.65. The van der Waals surface area contributed by atoms with Crippen molar-refractivity contribution >= 4 is 11.4 Å². The van der Waals surface area contributed by atoms with E-state index in [0.29, 0.717) is 37.7 Å². The van der Waals surface area contributed by atoms with E-state index in [0.717, 1.165) is 13.0 Å². The Hall–Kier alpha value is -1.53. The molecule has 0 radical (unpaired) electrons. The van der Waals surface area contributed by atoms with Gasteiger partial charge in [0.2, 0.25) is 0 Å². The first-order valence-electron chi connectivity index (χ1n) is 7.22. The number of nitrogens with zero attached hydrogens (tertiary/aromatic N) is 1. The quantitative estimate of drug-likeness (QED) is 0.512. The molecule has 0 fully saturated rings. The smallest absolute Gasteiger partial charge is 0.167 e. The number of hydrogen-bond acceptors (Lipinski definition) is 5. The summed E-state index contributed by atoms with van der Waals surface area (Å²) < 4.78 is 24.5. The molecule has 0 saturated carbocycles. The Balaban J connectivity index is 2.43. The highest BCUT2D eigenvalue weighted by molar-refractivity contribution is 5.68. The molecule has 0 aliphatic rings. The zero-order chi connectivity index (χ0) is 15.7. The highest BCUT2D eigenvalue weighted by Gasteiger charge is 2.08. The number of nitrogen functional groups attached to an aromatic ring is 1. The minimum absolute atomic E-state index is 0.224. The number of likely N-dealkylation sites (N-methyl/N-ethyl adjacent to an activating group) is 1. The second kappa shape index (κ2) is 9.41. The first-order chi connectivity index (χ1) is 10.0. The normalized spacial score (nSPS) is 10.9. The van der Waals surface area contributed by atoms with Crippen molar-refractivity contribution in [3.05, 3.63) is 17.9 Å². The molecular weight excluding hydrogens is 273 g/mol. The van der Waals surface area contributed by atoms with Crippen molar-refractivity contribution in [1.82, 2.24) is 4.90 Å². The molecule has 1 rings (SSSR count). The Bertz CT molecular complexity index is 428. The van der Waals surface area contributed by atoms with E-state index in [4.69, 9.17) is 15.2 Å². The van der Waals surface area contributed by atoms with Gasteiger partial charge in [0.1, 0.15) is 0 Å². The molecule has 0 spiro atoms. The molecule has 1 aromatic carbocycles. The number of hydrogen-bond donors (Lipinski definition) is 2. The maximum atomic E-state index is 13.7. The van der Waals surface area contributed by atoms with Crippen molar-refractivity contribution in [3.8, 4) is 5.75 Å². The van der Waals surface area contributed by atoms with Crippen molar-refractivity contribution in [2.24, 2.45) is 0 Å². The van der Waals surface area contributed by atoms with Crippen LogP contribution >= 0.6 is 0 Å². The number of nitrogens with one attached hydrogen (secondary N) is 1. The molecule has 0 atom stereocenters. The molecule has 0 saturated heterocycles. The second-order valence-electron chi connectivity index (χ2n) is 5.06. The standard InChI is InChI=1S/C15H26FN3O2/c1-4-7-21-15-11-14(13(17)10-12(15)16)18-5-8-20-9-6-19(2)3/h10-11,18H,4-9,17H2,1-3H3. The van der Waals surface area contributed by atoms with Crippen molar-refractivity contribution < 1.29 is 13.9 Å². The van der Waals surface area contributed by atoms with Gasteiger partial charge in [-0.2, -0.15) is 0 Å². The summed E-state index contributed by atoms with van der Waals surface area (Å²) in [6.07, 6.45) is 0.826. The van der Waals surface area contributed by atoms with E-state index in [-0.39, 0.29) is 5.75 Å². The van der Waals surface area contributed by atoms with Crippen LogP contribution in [0.2, 0.25) is 0 Å². The maximum absolute atomic E-state index is 13.7. The number of benzene rings is 1. The lowest BCUT2D eigenvalue weighted by molar-refractivity contribution is 0.126. The van der Waals surface area contributed by atoms with Crippen LogP contribution in [-0.2, 0) is 4.74 Å². The number of rotatable bonds is 10. The molecule has 120 valence electrons. The molecule has 1 aromatic rings. The average molecular weight is 299 g/mol. The lowest BCUT2D eigenvalue weighted by Gasteiger charge is -2.14. The lowest BCUT2D eigenvalue weighted by atomic mass is 10.2. The number of nitrogens with two attached hydrogens (primary N) is 1. The SMILES string of the molecule is CCCOc1cc(NCCOCCN(C)C)c(N)cc1F. The molecular formula is C15H26FN3O2. The highest BCUT2D eigenvalue weighted by atomic mass is 19.1. The molecule has 0 aliphatic carbocycles. The number of anilines is 2. The summed E-state index contributed by atoms with van der Waals surface area (Å²) >= 11 is 0. The summed E-state index contributed by atoms with van der Waals surface area (Å²) in [5.74, 6) is -0.212. The van der Waals surface area contributed by atoms with E-state index in [1.54, 1.807) is 6.07 Å². The Kier molecular flexibility index (Phi) is 7.85. The monoisotopic (exact) mass is 299 g/mol. The molecule has 0 unspecified atom stereocenters. The van der Waals surface area contributed by atoms with Crippen LogP contribution in [0.1, 0.15) is 13.3 Å². The Morgan fingerprint density at radius 2 is 2.00 bits per heavy atom. The van der Waals surface area contributed by atoms with Crippen molar-refractivity contribution in [2.75, 3.05) is 58.1 Å². The van der Waals surface area contributed by atoms with Gasteiger partial charge in [0.25, 0.3) is 0 Å². The molecule has 21 heavy (non-hydrogen) atoms. The van der Waals surface area contributed by atoms with Gasteiger partial charge < -0.3 is 25.4 Å². The zero-order valence-electron chi connectivity index (χ0n) is 13.1. The van der Waals surface area contributed by atoms with Gasteiger partial charge in [-0.3, -0.25) is 0 Å². The fraction of sp³-hybridized carbons (Fsp3) is 0.600. The molecule has 6 heteroatoms. The molecule has 5 nitrogen and oxygen atoms in total. The predicted molar refractivity (Wildman–Crippen MR) is 84.5 cm³/mol. The number of halogens is 1. The highest BCUT2D eigenvalue weighted by Crippen LogP contribution is 2.28. The third-order valence-corrected chi connectivity index (χ3v) is 2.81. The van der Waals surface area contributed by atoms with Gasteiger partial charge in [-0.1, -0.05) is 6.92 Å². The molecule has 0 heterocycles. The number of ether oxygens (including phenoxy) is 2. The van der Waals surface area contributed by atoms with Gasteiger partial charge in [0, 0.05) is 25.2 Å². The Labute approximate surface area is 126 Å². The van der Waals surface area contributed by atoms with E-state index in [9.17, 15) is 4.39 Å². The Morgan fingerprint density at radius 3 is 2.67 bits per heavy atom. The van der Waals surface area contributed by atoms with Gasteiger partial charge >= 0.3 is 0 Å². The molecule has 0 aliphatic heterocycles. The topological polar surface area (TPSA) is 59.8 Å². The van der Waals surface area contributed by atoms with Gasteiger partial charge in [-0.05, 0) is 20.5 Å². The Morgan fingerprint density at radius 1 is 1.24 bits per heavy atom. The van der Waals surface area contributed by atoms with E-state index < -0.39 is 5.82 Å². The van der Waals surface area contributed by atoms with Crippen molar-refractivity contribution in [2.45, 2.75) is 13.3 Å². The largest absolute Gasteiger partial charge is 0.490 e. The van der Waals surface area contributed by atoms with Gasteiger partial charge in [0.15, 0.2) is 11.6 Å². The average Bonchev–Trinajstić information content (AvgIpc) is 2.43. The van der Waals surface area contributed by atoms with Crippen LogP contribution in [0.25, 0.3) is 0 Å². The van der Waals surface area contributed by atoms with Crippen LogP contribution in [0.4, 0.5) is 15.8 Å². The summed E-state index contributed by atoms with van der Waals surface area (Å²) in [5.41, 5.74) is 6.82. The van der Waals surface area contributed by atoms with Gasteiger partial charge in [-0.15, -0.1) is 0 Å². The summed E-state index contributed by atoms with van der Waals surface area (Å²) in [6, 6.07) is 2.88. The zero-order valence-corrected chi connectivity index (χ0v) is 13.1. The maximum Gasteiger partial charge on any atom is 0.167 e. The van der Waals surface area contributed by atoms with Crippen LogP contribution in [0, 0.1) is 5.82 Å².